The Morgan fingerprint density at radius 1 is 1.50 bits per heavy atom. The summed E-state index contributed by atoms with van der Waals surface area (Å²) in [5.74, 6) is -0.925. The van der Waals surface area contributed by atoms with Crippen molar-refractivity contribution in [3.8, 4) is 0 Å². The first-order valence-electron chi connectivity index (χ1n) is 2.54. The summed E-state index contributed by atoms with van der Waals surface area (Å²) in [7, 11) is 0. The maximum absolute atomic E-state index is 10.0. The maximum Gasteiger partial charge on any atom is 0.216 e. The molecule has 1 aromatic rings. The van der Waals surface area contributed by atoms with Crippen LogP contribution in [0.25, 0.3) is 0 Å². The molecule has 0 saturated heterocycles. The standard InChI is InChI=1S/C6H3NO2S/c8-3-5(4-9)6-1-2-10-7-6/h1-2,5H. The highest BCUT2D eigenvalue weighted by atomic mass is 32.1. The van der Waals surface area contributed by atoms with Gasteiger partial charge in [0.15, 0.2) is 0 Å². The first-order chi connectivity index (χ1) is 4.88. The Kier molecular flexibility index (Phi) is 2.28. The molecule has 0 bridgehead atoms. The van der Waals surface area contributed by atoms with Crippen LogP contribution in [0.4, 0.5) is 0 Å². The molecule has 4 heteroatoms. The van der Waals surface area contributed by atoms with Gasteiger partial charge in [-0.25, -0.2) is 0 Å². The van der Waals surface area contributed by atoms with Crippen molar-refractivity contribution in [3.05, 3.63) is 17.1 Å². The molecule has 0 unspecified atom stereocenters. The van der Waals surface area contributed by atoms with Crippen molar-refractivity contribution in [2.75, 3.05) is 0 Å². The van der Waals surface area contributed by atoms with Crippen molar-refractivity contribution in [1.29, 1.82) is 0 Å². The van der Waals surface area contributed by atoms with E-state index in [1.165, 1.54) is 24.1 Å². The summed E-state index contributed by atoms with van der Waals surface area (Å²) in [5, 5.41) is 1.69. The molecule has 0 aliphatic rings. The van der Waals surface area contributed by atoms with Crippen LogP contribution in [0.3, 0.4) is 0 Å². The summed E-state index contributed by atoms with van der Waals surface area (Å²) >= 11 is 1.19. The first kappa shape index (κ1) is 7.08. The Balaban J connectivity index is 2.82. The number of carbonyl (C=O) groups excluding carboxylic acids is 2. The van der Waals surface area contributed by atoms with E-state index in [1.54, 1.807) is 11.4 Å². The van der Waals surface area contributed by atoms with Crippen molar-refractivity contribution in [3.63, 3.8) is 0 Å². The van der Waals surface area contributed by atoms with E-state index in [4.69, 9.17) is 0 Å². The van der Waals surface area contributed by atoms with Gasteiger partial charge in [-0.15, -0.1) is 0 Å². The average molecular weight is 153 g/mol. The van der Waals surface area contributed by atoms with Crippen molar-refractivity contribution in [1.82, 2.24) is 4.37 Å². The molecule has 10 heavy (non-hydrogen) atoms. The fourth-order valence-corrected chi connectivity index (χ4v) is 1.06. The predicted octanol–water partition coefficient (Wildman–Crippen LogP) is 0.446. The molecule has 3 nitrogen and oxygen atoms in total. The highest BCUT2D eigenvalue weighted by Gasteiger charge is 2.12. The number of nitrogens with zero attached hydrogens (tertiary/aromatic N) is 1. The number of aromatic nitrogens is 1. The van der Waals surface area contributed by atoms with Crippen LogP contribution in [0.5, 0.6) is 0 Å². The third-order valence-electron chi connectivity index (χ3n) is 0.989. The van der Waals surface area contributed by atoms with Crippen LogP contribution >= 0.6 is 11.5 Å². The summed E-state index contributed by atoms with van der Waals surface area (Å²) in [6, 6.07) is 1.60. The Morgan fingerprint density at radius 2 is 2.20 bits per heavy atom. The summed E-state index contributed by atoms with van der Waals surface area (Å²) < 4.78 is 3.77. The third kappa shape index (κ3) is 1.27. The lowest BCUT2D eigenvalue weighted by atomic mass is 10.1. The molecular formula is C6H3NO2S. The smallest absolute Gasteiger partial charge is 0.216 e. The second-order valence-corrected chi connectivity index (χ2v) is 2.26. The van der Waals surface area contributed by atoms with Gasteiger partial charge in [0.1, 0.15) is 5.92 Å². The second kappa shape index (κ2) is 3.22. The lowest BCUT2D eigenvalue weighted by Crippen LogP contribution is -2.00. The van der Waals surface area contributed by atoms with Crippen molar-refractivity contribution in [2.24, 2.45) is 0 Å². The number of hydrogen-bond donors (Lipinski definition) is 0. The van der Waals surface area contributed by atoms with Gasteiger partial charge in [-0.1, -0.05) is 0 Å². The SMILES string of the molecule is O=[C]C([C]=O)c1ccsn1. The molecule has 0 saturated carbocycles. The summed E-state index contributed by atoms with van der Waals surface area (Å²) in [6.07, 6.45) is 3.05. The van der Waals surface area contributed by atoms with Crippen LogP contribution in [-0.2, 0) is 9.59 Å². The molecule has 1 aromatic heterocycles. The van der Waals surface area contributed by atoms with Gasteiger partial charge in [-0.05, 0) is 17.6 Å². The van der Waals surface area contributed by atoms with E-state index in [2.05, 4.69) is 4.37 Å². The van der Waals surface area contributed by atoms with E-state index in [-0.39, 0.29) is 0 Å². The summed E-state index contributed by atoms with van der Waals surface area (Å²) in [6.45, 7) is 0. The van der Waals surface area contributed by atoms with E-state index in [1.807, 2.05) is 0 Å². The van der Waals surface area contributed by atoms with Gasteiger partial charge in [0.2, 0.25) is 12.6 Å². The minimum atomic E-state index is -0.925. The third-order valence-corrected chi connectivity index (χ3v) is 1.56. The minimum Gasteiger partial charge on any atom is -0.290 e. The van der Waals surface area contributed by atoms with Gasteiger partial charge in [-0.3, -0.25) is 9.59 Å². The average Bonchev–Trinajstić information content (AvgIpc) is 2.43. The van der Waals surface area contributed by atoms with Gasteiger partial charge in [0.25, 0.3) is 0 Å². The van der Waals surface area contributed by atoms with Crippen LogP contribution < -0.4 is 0 Å². The van der Waals surface area contributed by atoms with Gasteiger partial charge in [-0.2, -0.15) is 4.37 Å². The van der Waals surface area contributed by atoms with Crippen LogP contribution in [0.15, 0.2) is 11.4 Å². The lowest BCUT2D eigenvalue weighted by molar-refractivity contribution is 0.533. The fraction of sp³-hybridized carbons (Fsp3) is 0.167. The molecule has 0 aromatic carbocycles. The molecular weight excluding hydrogens is 150 g/mol. The van der Waals surface area contributed by atoms with Crippen molar-refractivity contribution >= 4 is 24.1 Å². The molecule has 0 spiro atoms. The minimum absolute atomic E-state index is 0.426. The molecule has 50 valence electrons. The Labute approximate surface area is 61.9 Å². The van der Waals surface area contributed by atoms with Crippen LogP contribution in [0.2, 0.25) is 0 Å². The van der Waals surface area contributed by atoms with E-state index < -0.39 is 5.92 Å². The number of rotatable bonds is 3. The maximum atomic E-state index is 10.0. The monoisotopic (exact) mass is 153 g/mol. The first-order valence-corrected chi connectivity index (χ1v) is 3.37. The van der Waals surface area contributed by atoms with Gasteiger partial charge < -0.3 is 0 Å². The molecule has 1 rings (SSSR count). The predicted molar refractivity (Wildman–Crippen MR) is 36.2 cm³/mol. The fourth-order valence-electron chi connectivity index (χ4n) is 0.516. The van der Waals surface area contributed by atoms with E-state index in [9.17, 15) is 9.59 Å². The Hall–Kier alpha value is -1.03. The van der Waals surface area contributed by atoms with Crippen molar-refractivity contribution in [2.45, 2.75) is 5.92 Å². The molecule has 0 aliphatic heterocycles. The van der Waals surface area contributed by atoms with Gasteiger partial charge in [0, 0.05) is 5.38 Å². The van der Waals surface area contributed by atoms with Gasteiger partial charge in [0.05, 0.1) is 5.69 Å². The van der Waals surface area contributed by atoms with Crippen LogP contribution in [-0.4, -0.2) is 16.9 Å². The topological polar surface area (TPSA) is 47.0 Å². The molecule has 0 fully saturated rings. The quantitative estimate of drug-likeness (QED) is 0.592. The van der Waals surface area contributed by atoms with Crippen LogP contribution in [0.1, 0.15) is 11.6 Å². The Bertz CT molecular complexity index is 212. The van der Waals surface area contributed by atoms with Crippen molar-refractivity contribution < 1.29 is 9.59 Å². The molecule has 2 radical (unpaired) electrons. The zero-order valence-corrected chi connectivity index (χ0v) is 5.72. The summed E-state index contributed by atoms with van der Waals surface area (Å²) in [4.78, 5) is 20.0. The zero-order valence-electron chi connectivity index (χ0n) is 4.90. The van der Waals surface area contributed by atoms with Gasteiger partial charge >= 0.3 is 0 Å². The molecule has 0 aliphatic carbocycles. The number of hydrogen-bond acceptors (Lipinski definition) is 4. The van der Waals surface area contributed by atoms with Crippen LogP contribution in [0, 0.1) is 0 Å². The highest BCUT2D eigenvalue weighted by Crippen LogP contribution is 2.09. The molecule has 1 heterocycles. The normalized spacial score (nSPS) is 9.70. The second-order valence-electron chi connectivity index (χ2n) is 1.59. The lowest BCUT2D eigenvalue weighted by Gasteiger charge is -1.89. The Morgan fingerprint density at radius 3 is 2.60 bits per heavy atom. The summed E-state index contributed by atoms with van der Waals surface area (Å²) in [5.41, 5.74) is 0.426. The van der Waals surface area contributed by atoms with E-state index in [0.29, 0.717) is 5.69 Å². The molecule has 0 amide bonds. The van der Waals surface area contributed by atoms with E-state index in [0.717, 1.165) is 0 Å². The van der Waals surface area contributed by atoms with E-state index >= 15 is 0 Å². The molecule has 0 atom stereocenters. The highest BCUT2D eigenvalue weighted by molar-refractivity contribution is 7.03. The zero-order chi connectivity index (χ0) is 7.40. The largest absolute Gasteiger partial charge is 0.290 e. The molecule has 0 N–H and O–H groups in total.